The molecular weight excluding hydrogens is 469 g/mol. The van der Waals surface area contributed by atoms with Crippen molar-refractivity contribution in [1.29, 1.82) is 0 Å². The topological polar surface area (TPSA) is 61.8 Å². The minimum Gasteiger partial charge on any atom is -0.299 e. The lowest BCUT2D eigenvalue weighted by molar-refractivity contribution is -0.109. The van der Waals surface area contributed by atoms with E-state index in [1.54, 1.807) is 54.7 Å². The van der Waals surface area contributed by atoms with Gasteiger partial charge in [-0.2, -0.15) is 5.10 Å². The quantitative estimate of drug-likeness (QED) is 0.375. The van der Waals surface area contributed by atoms with Gasteiger partial charge >= 0.3 is 0 Å². The average molecular weight is 487 g/mol. The molecule has 1 N–H and O–H groups in total. The van der Waals surface area contributed by atoms with Gasteiger partial charge in [0, 0.05) is 45.4 Å². The number of hydrogen-bond acceptors (Lipinski definition) is 5. The van der Waals surface area contributed by atoms with Crippen LogP contribution >= 0.6 is 34.8 Å². The smallest absolute Gasteiger partial charge is 0.193 e. The molecule has 3 aromatic carbocycles. The molecular formula is C24H18Cl3N3O2. The number of ketones is 1. The van der Waals surface area contributed by atoms with E-state index in [0.29, 0.717) is 44.8 Å². The van der Waals surface area contributed by atoms with Gasteiger partial charge in [0.25, 0.3) is 0 Å². The summed E-state index contributed by atoms with van der Waals surface area (Å²) >= 11 is 19.0. The summed E-state index contributed by atoms with van der Waals surface area (Å²) in [4.78, 5) is 24.0. The zero-order chi connectivity index (χ0) is 22.7. The molecule has 1 aliphatic heterocycles. The Kier molecular flexibility index (Phi) is 6.92. The fourth-order valence-electron chi connectivity index (χ4n) is 3.43. The van der Waals surface area contributed by atoms with Crippen molar-refractivity contribution < 1.29 is 9.59 Å². The van der Waals surface area contributed by atoms with Crippen LogP contribution in [-0.2, 0) is 11.2 Å². The highest BCUT2D eigenvalue weighted by Gasteiger charge is 2.22. The molecule has 4 rings (SSSR count). The molecule has 0 spiro atoms. The molecule has 0 bridgehead atoms. The van der Waals surface area contributed by atoms with Crippen LogP contribution in [0.15, 0.2) is 65.8 Å². The zero-order valence-electron chi connectivity index (χ0n) is 16.8. The highest BCUT2D eigenvalue weighted by Crippen LogP contribution is 2.33. The number of nitrogens with one attached hydrogen (secondary N) is 1. The van der Waals surface area contributed by atoms with Gasteiger partial charge < -0.3 is 0 Å². The van der Waals surface area contributed by atoms with Crippen LogP contribution in [0.25, 0.3) is 0 Å². The van der Waals surface area contributed by atoms with Gasteiger partial charge in [0.1, 0.15) is 0 Å². The molecule has 1 heterocycles. The van der Waals surface area contributed by atoms with Crippen molar-refractivity contribution in [2.75, 3.05) is 11.6 Å². The average Bonchev–Trinajstić information content (AvgIpc) is 2.81. The minimum absolute atomic E-state index is 0.0749. The van der Waals surface area contributed by atoms with Crippen LogP contribution in [0.3, 0.4) is 0 Å². The third kappa shape index (κ3) is 4.87. The summed E-state index contributed by atoms with van der Waals surface area (Å²) < 4.78 is 0. The van der Waals surface area contributed by atoms with Crippen molar-refractivity contribution in [3.05, 3.63) is 98.0 Å². The number of aldehydes is 1. The van der Waals surface area contributed by atoms with Gasteiger partial charge in [-0.1, -0.05) is 59.1 Å². The second-order valence-electron chi connectivity index (χ2n) is 7.23. The maximum absolute atomic E-state index is 12.6. The first-order valence-corrected chi connectivity index (χ1v) is 11.0. The zero-order valence-corrected chi connectivity index (χ0v) is 19.0. The monoisotopic (exact) mass is 485 g/mol. The molecule has 0 saturated carbocycles. The van der Waals surface area contributed by atoms with Crippen LogP contribution in [0.2, 0.25) is 15.1 Å². The Balaban J connectivity index is 1.53. The van der Waals surface area contributed by atoms with E-state index >= 15 is 0 Å². The fourth-order valence-corrected chi connectivity index (χ4v) is 4.17. The first kappa shape index (κ1) is 22.5. The summed E-state index contributed by atoms with van der Waals surface area (Å²) in [5, 5.41) is 10.4. The number of hydrazone groups is 1. The van der Waals surface area contributed by atoms with Gasteiger partial charge in [0.05, 0.1) is 5.69 Å². The van der Waals surface area contributed by atoms with E-state index in [0.717, 1.165) is 17.4 Å². The highest BCUT2D eigenvalue weighted by atomic mass is 35.5. The van der Waals surface area contributed by atoms with Crippen LogP contribution in [-0.4, -0.2) is 31.0 Å². The van der Waals surface area contributed by atoms with E-state index < -0.39 is 6.17 Å². The number of hydrogen-bond donors (Lipinski definition) is 1. The summed E-state index contributed by atoms with van der Waals surface area (Å²) in [6.07, 6.45) is 2.36. The van der Waals surface area contributed by atoms with Gasteiger partial charge in [-0.05, 0) is 47.5 Å². The van der Waals surface area contributed by atoms with E-state index in [1.165, 1.54) is 5.01 Å². The molecule has 8 heteroatoms. The van der Waals surface area contributed by atoms with E-state index in [2.05, 4.69) is 10.4 Å². The molecule has 1 aliphatic rings. The van der Waals surface area contributed by atoms with Crippen LogP contribution in [0.1, 0.15) is 27.0 Å². The van der Waals surface area contributed by atoms with E-state index in [4.69, 9.17) is 34.8 Å². The van der Waals surface area contributed by atoms with Crippen molar-refractivity contribution in [2.45, 2.75) is 12.6 Å². The summed E-state index contributed by atoms with van der Waals surface area (Å²) in [5.41, 5.74) is 3.49. The summed E-state index contributed by atoms with van der Waals surface area (Å²) in [6, 6.07) is 17.6. The molecule has 1 atom stereocenters. The van der Waals surface area contributed by atoms with Crippen molar-refractivity contribution in [3.63, 3.8) is 0 Å². The standard InChI is InChI=1S/C24H18Cl3N3O2/c25-18-7-5-17(6-8-18)24(32)16-3-1-15(2-4-16)11-20-21(26)12-19(13-22(20)27)30-23(14-31)28-9-10-29-30/h1-8,10,12-14,23,28H,9,11H2. The SMILES string of the molecule is O=CC1NCC=NN1c1cc(Cl)c(Cc2ccc(C(=O)c3ccc(Cl)cc3)cc2)c(Cl)c1. The van der Waals surface area contributed by atoms with E-state index in [1.807, 2.05) is 12.1 Å². The van der Waals surface area contributed by atoms with Crippen molar-refractivity contribution in [3.8, 4) is 0 Å². The van der Waals surface area contributed by atoms with Gasteiger partial charge in [-0.3, -0.25) is 14.9 Å². The van der Waals surface area contributed by atoms with Gasteiger partial charge in [-0.25, -0.2) is 5.01 Å². The summed E-state index contributed by atoms with van der Waals surface area (Å²) in [6.45, 7) is 0.510. The number of halogens is 3. The molecule has 5 nitrogen and oxygen atoms in total. The number of anilines is 1. The van der Waals surface area contributed by atoms with Crippen LogP contribution < -0.4 is 10.3 Å². The highest BCUT2D eigenvalue weighted by molar-refractivity contribution is 6.36. The molecule has 0 aliphatic carbocycles. The first-order chi connectivity index (χ1) is 15.5. The molecule has 0 aromatic heterocycles. The molecule has 3 aromatic rings. The Bertz CT molecular complexity index is 1160. The Morgan fingerprint density at radius 2 is 1.59 bits per heavy atom. The lowest BCUT2D eigenvalue weighted by Gasteiger charge is -2.29. The van der Waals surface area contributed by atoms with Gasteiger partial charge in [0.2, 0.25) is 0 Å². The van der Waals surface area contributed by atoms with Crippen LogP contribution in [0, 0.1) is 0 Å². The molecule has 0 fully saturated rings. The largest absolute Gasteiger partial charge is 0.299 e. The Labute approximate surface area is 200 Å². The van der Waals surface area contributed by atoms with Crippen molar-refractivity contribution >= 4 is 58.8 Å². The fraction of sp³-hybridized carbons (Fsp3) is 0.125. The number of carbonyl (C=O) groups excluding carboxylic acids is 2. The second kappa shape index (κ2) is 9.84. The molecule has 0 radical (unpaired) electrons. The minimum atomic E-state index is -0.580. The van der Waals surface area contributed by atoms with Gasteiger partial charge in [0.15, 0.2) is 18.2 Å². The third-order valence-electron chi connectivity index (χ3n) is 5.11. The molecule has 1 unspecified atom stereocenters. The van der Waals surface area contributed by atoms with E-state index in [9.17, 15) is 9.59 Å². The lowest BCUT2D eigenvalue weighted by atomic mass is 9.99. The predicted octanol–water partition coefficient (Wildman–Crippen LogP) is 5.39. The molecule has 162 valence electrons. The number of nitrogens with zero attached hydrogens (tertiary/aromatic N) is 2. The van der Waals surface area contributed by atoms with Crippen molar-refractivity contribution in [2.24, 2.45) is 5.10 Å². The maximum atomic E-state index is 12.6. The lowest BCUT2D eigenvalue weighted by Crippen LogP contribution is -2.48. The maximum Gasteiger partial charge on any atom is 0.193 e. The first-order valence-electron chi connectivity index (χ1n) is 9.84. The number of benzene rings is 3. The van der Waals surface area contributed by atoms with E-state index in [-0.39, 0.29) is 5.78 Å². The Hall–Kier alpha value is -2.70. The molecule has 32 heavy (non-hydrogen) atoms. The second-order valence-corrected chi connectivity index (χ2v) is 8.48. The summed E-state index contributed by atoms with van der Waals surface area (Å²) in [7, 11) is 0. The molecule has 0 saturated heterocycles. The number of rotatable bonds is 6. The normalized spacial score (nSPS) is 15.6. The van der Waals surface area contributed by atoms with Crippen LogP contribution in [0.5, 0.6) is 0 Å². The number of carbonyl (C=O) groups is 2. The Morgan fingerprint density at radius 1 is 1.00 bits per heavy atom. The van der Waals surface area contributed by atoms with Gasteiger partial charge in [-0.15, -0.1) is 0 Å². The van der Waals surface area contributed by atoms with Crippen LogP contribution in [0.4, 0.5) is 5.69 Å². The van der Waals surface area contributed by atoms with Crippen molar-refractivity contribution in [1.82, 2.24) is 5.32 Å². The third-order valence-corrected chi connectivity index (χ3v) is 6.04. The Morgan fingerprint density at radius 3 is 2.19 bits per heavy atom. The summed E-state index contributed by atoms with van der Waals surface area (Å²) in [5.74, 6) is -0.0749. The predicted molar refractivity (Wildman–Crippen MR) is 129 cm³/mol. The molecule has 0 amide bonds.